The molecular weight excluding hydrogens is 336 g/mol. The summed E-state index contributed by atoms with van der Waals surface area (Å²) in [6.45, 7) is 2.37. The van der Waals surface area contributed by atoms with Gasteiger partial charge in [0.05, 0.1) is 23.3 Å². The Morgan fingerprint density at radius 2 is 1.70 bits per heavy atom. The van der Waals surface area contributed by atoms with Crippen molar-refractivity contribution in [3.63, 3.8) is 0 Å². The van der Waals surface area contributed by atoms with Gasteiger partial charge in [-0.3, -0.25) is 9.78 Å². The summed E-state index contributed by atoms with van der Waals surface area (Å²) in [5, 5.41) is 12.4. The molecule has 0 aliphatic rings. The van der Waals surface area contributed by atoms with E-state index in [2.05, 4.69) is 20.5 Å². The van der Waals surface area contributed by atoms with Gasteiger partial charge in [0.25, 0.3) is 5.91 Å². The zero-order valence-corrected chi connectivity index (χ0v) is 14.9. The van der Waals surface area contributed by atoms with Gasteiger partial charge in [-0.25, -0.2) is 0 Å². The van der Waals surface area contributed by atoms with Crippen LogP contribution in [0.15, 0.2) is 72.9 Å². The quantitative estimate of drug-likeness (QED) is 0.603. The van der Waals surface area contributed by atoms with Gasteiger partial charge < -0.3 is 5.32 Å². The van der Waals surface area contributed by atoms with E-state index in [1.54, 1.807) is 6.20 Å². The van der Waals surface area contributed by atoms with Crippen molar-refractivity contribution in [1.29, 1.82) is 0 Å². The van der Waals surface area contributed by atoms with Crippen LogP contribution in [0, 0.1) is 6.92 Å². The fourth-order valence-electron chi connectivity index (χ4n) is 2.96. The number of fused-ring (bicyclic) bond motifs is 1. The van der Waals surface area contributed by atoms with Crippen LogP contribution in [0.4, 0.5) is 0 Å². The second kappa shape index (κ2) is 7.33. The summed E-state index contributed by atoms with van der Waals surface area (Å²) in [6, 6.07) is 21.1. The van der Waals surface area contributed by atoms with Crippen LogP contribution >= 0.6 is 0 Å². The largest absolute Gasteiger partial charge is 0.346 e. The van der Waals surface area contributed by atoms with Gasteiger partial charge in [0, 0.05) is 17.1 Å². The van der Waals surface area contributed by atoms with Crippen LogP contribution in [-0.4, -0.2) is 21.1 Å². The molecule has 2 aromatic carbocycles. The smallest absolute Gasteiger partial charge is 0.254 e. The Morgan fingerprint density at radius 1 is 0.926 bits per heavy atom. The molecule has 0 saturated heterocycles. The standard InChI is InChI=1S/C22H18N4O/c1-15-9-11-16(12-10-15)21-20(18-7-2-3-8-19(18)25-26-21)22(27)24-14-17-6-4-5-13-23-17/h2-13H,14H2,1H3,(H,24,27). The Kier molecular flexibility index (Phi) is 4.58. The average Bonchev–Trinajstić information content (AvgIpc) is 2.72. The van der Waals surface area contributed by atoms with Crippen molar-refractivity contribution >= 4 is 16.8 Å². The number of aromatic nitrogens is 3. The number of benzene rings is 2. The molecule has 0 saturated carbocycles. The summed E-state index contributed by atoms with van der Waals surface area (Å²) in [4.78, 5) is 17.3. The molecule has 0 aliphatic heterocycles. The van der Waals surface area contributed by atoms with Crippen molar-refractivity contribution < 1.29 is 4.79 Å². The zero-order chi connectivity index (χ0) is 18.6. The first-order valence-electron chi connectivity index (χ1n) is 8.73. The van der Waals surface area contributed by atoms with Gasteiger partial charge >= 0.3 is 0 Å². The highest BCUT2D eigenvalue weighted by molar-refractivity contribution is 6.10. The summed E-state index contributed by atoms with van der Waals surface area (Å²) in [6.07, 6.45) is 1.71. The van der Waals surface area contributed by atoms with Crippen molar-refractivity contribution in [2.45, 2.75) is 13.5 Å². The topological polar surface area (TPSA) is 67.8 Å². The van der Waals surface area contributed by atoms with Crippen LogP contribution in [0.25, 0.3) is 22.2 Å². The van der Waals surface area contributed by atoms with Gasteiger partial charge in [-0.05, 0) is 25.1 Å². The van der Waals surface area contributed by atoms with Crippen molar-refractivity contribution in [3.8, 4) is 11.3 Å². The van der Waals surface area contributed by atoms with Crippen LogP contribution in [0.2, 0.25) is 0 Å². The number of hydrogen-bond acceptors (Lipinski definition) is 4. The van der Waals surface area contributed by atoms with Gasteiger partial charge in [-0.1, -0.05) is 54.1 Å². The lowest BCUT2D eigenvalue weighted by atomic mass is 10.0. The molecule has 0 fully saturated rings. The molecule has 5 nitrogen and oxygen atoms in total. The lowest BCUT2D eigenvalue weighted by molar-refractivity contribution is 0.0952. The maximum Gasteiger partial charge on any atom is 0.254 e. The van der Waals surface area contributed by atoms with E-state index < -0.39 is 0 Å². The van der Waals surface area contributed by atoms with Crippen LogP contribution in [0.1, 0.15) is 21.6 Å². The van der Waals surface area contributed by atoms with Crippen LogP contribution in [0.3, 0.4) is 0 Å². The fraction of sp³-hybridized carbons (Fsp3) is 0.0909. The third-order valence-electron chi connectivity index (χ3n) is 4.38. The molecule has 132 valence electrons. The third kappa shape index (κ3) is 3.53. The molecule has 1 amide bonds. The Labute approximate surface area is 157 Å². The maximum absolute atomic E-state index is 13.1. The molecule has 0 unspecified atom stereocenters. The van der Waals surface area contributed by atoms with Gasteiger partial charge in [0.2, 0.25) is 0 Å². The molecule has 5 heteroatoms. The normalized spacial score (nSPS) is 10.7. The SMILES string of the molecule is Cc1ccc(-c2nnc3ccccc3c2C(=O)NCc2ccccn2)cc1. The van der Waals surface area contributed by atoms with E-state index in [0.717, 1.165) is 22.2 Å². The average molecular weight is 354 g/mol. The molecule has 0 aliphatic carbocycles. The second-order valence-corrected chi connectivity index (χ2v) is 6.31. The van der Waals surface area contributed by atoms with Crippen LogP contribution in [0.5, 0.6) is 0 Å². The Hall–Kier alpha value is -3.60. The highest BCUT2D eigenvalue weighted by Gasteiger charge is 2.19. The first kappa shape index (κ1) is 16.8. The Balaban J connectivity index is 1.77. The van der Waals surface area contributed by atoms with E-state index in [9.17, 15) is 4.79 Å². The van der Waals surface area contributed by atoms with Crippen molar-refractivity contribution in [2.75, 3.05) is 0 Å². The van der Waals surface area contributed by atoms with Crippen LogP contribution in [-0.2, 0) is 6.54 Å². The van der Waals surface area contributed by atoms with Gasteiger partial charge in [0.15, 0.2) is 0 Å². The highest BCUT2D eigenvalue weighted by atomic mass is 16.1. The number of hydrogen-bond donors (Lipinski definition) is 1. The molecule has 0 spiro atoms. The van der Waals surface area contributed by atoms with Crippen molar-refractivity contribution in [2.24, 2.45) is 0 Å². The number of nitrogens with one attached hydrogen (secondary N) is 1. The minimum Gasteiger partial charge on any atom is -0.346 e. The van der Waals surface area contributed by atoms with Crippen LogP contribution < -0.4 is 5.32 Å². The van der Waals surface area contributed by atoms with Gasteiger partial charge in [-0.2, -0.15) is 0 Å². The summed E-state index contributed by atoms with van der Waals surface area (Å²) < 4.78 is 0. The van der Waals surface area contributed by atoms with Gasteiger partial charge in [-0.15, -0.1) is 10.2 Å². The molecule has 27 heavy (non-hydrogen) atoms. The second-order valence-electron chi connectivity index (χ2n) is 6.31. The van der Waals surface area contributed by atoms with Gasteiger partial charge in [0.1, 0.15) is 5.69 Å². The number of amides is 1. The van der Waals surface area contributed by atoms with Crippen molar-refractivity contribution in [1.82, 2.24) is 20.5 Å². The Morgan fingerprint density at radius 3 is 2.48 bits per heavy atom. The first-order valence-corrected chi connectivity index (χ1v) is 8.73. The molecule has 4 rings (SSSR count). The van der Waals surface area contributed by atoms with E-state index in [1.165, 1.54) is 0 Å². The molecular formula is C22H18N4O. The number of rotatable bonds is 4. The molecule has 2 heterocycles. The minimum atomic E-state index is -0.192. The highest BCUT2D eigenvalue weighted by Crippen LogP contribution is 2.27. The summed E-state index contributed by atoms with van der Waals surface area (Å²) >= 11 is 0. The molecule has 0 radical (unpaired) electrons. The predicted molar refractivity (Wildman–Crippen MR) is 105 cm³/mol. The number of nitrogens with zero attached hydrogens (tertiary/aromatic N) is 3. The third-order valence-corrected chi connectivity index (χ3v) is 4.38. The maximum atomic E-state index is 13.1. The lowest BCUT2D eigenvalue weighted by Crippen LogP contribution is -2.24. The molecule has 4 aromatic rings. The summed E-state index contributed by atoms with van der Waals surface area (Å²) in [5.74, 6) is -0.192. The molecule has 1 N–H and O–H groups in total. The molecule has 0 atom stereocenters. The summed E-state index contributed by atoms with van der Waals surface area (Å²) in [5.41, 5.74) is 4.61. The molecule has 2 aromatic heterocycles. The monoisotopic (exact) mass is 354 g/mol. The Bertz CT molecular complexity index is 1090. The number of pyridine rings is 1. The number of carbonyl (C=O) groups is 1. The van der Waals surface area contributed by atoms with E-state index in [-0.39, 0.29) is 5.91 Å². The van der Waals surface area contributed by atoms with E-state index in [0.29, 0.717) is 23.3 Å². The zero-order valence-electron chi connectivity index (χ0n) is 14.9. The van der Waals surface area contributed by atoms with E-state index in [4.69, 9.17) is 0 Å². The summed E-state index contributed by atoms with van der Waals surface area (Å²) in [7, 11) is 0. The fourth-order valence-corrected chi connectivity index (χ4v) is 2.96. The molecule has 0 bridgehead atoms. The lowest BCUT2D eigenvalue weighted by Gasteiger charge is -2.12. The van der Waals surface area contributed by atoms with E-state index >= 15 is 0 Å². The van der Waals surface area contributed by atoms with E-state index in [1.807, 2.05) is 73.7 Å². The number of aryl methyl sites for hydroxylation is 1. The first-order chi connectivity index (χ1) is 13.2. The van der Waals surface area contributed by atoms with Crippen molar-refractivity contribution in [3.05, 3.63) is 89.7 Å². The number of carbonyl (C=O) groups excluding carboxylic acids is 1. The predicted octanol–water partition coefficient (Wildman–Crippen LogP) is 3.93. The minimum absolute atomic E-state index is 0.192.